The molecule has 1 aromatic rings. The molecule has 0 unspecified atom stereocenters. The van der Waals surface area contributed by atoms with Gasteiger partial charge in [0.05, 0.1) is 6.61 Å². The molecule has 0 saturated heterocycles. The van der Waals surface area contributed by atoms with Gasteiger partial charge in [-0.05, 0) is 25.1 Å². The monoisotopic (exact) mass is 222 g/mol. The first-order chi connectivity index (χ1) is 7.74. The molecule has 86 valence electrons. The van der Waals surface area contributed by atoms with Crippen LogP contribution in [0.2, 0.25) is 0 Å². The Balaban J connectivity index is 2.55. The van der Waals surface area contributed by atoms with Gasteiger partial charge in [0.15, 0.2) is 11.5 Å². The van der Waals surface area contributed by atoms with Crippen molar-refractivity contribution < 1.29 is 19.4 Å². The molecule has 0 radical (unpaired) electrons. The van der Waals surface area contributed by atoms with E-state index in [-0.39, 0.29) is 6.61 Å². The van der Waals surface area contributed by atoms with E-state index in [1.165, 1.54) is 6.08 Å². The van der Waals surface area contributed by atoms with Crippen LogP contribution >= 0.6 is 0 Å². The second-order valence-electron chi connectivity index (χ2n) is 2.93. The SMILES string of the molecule is CCOc1ccccc1OCC=CC(=O)O. The minimum Gasteiger partial charge on any atom is -0.490 e. The molecule has 0 amide bonds. The van der Waals surface area contributed by atoms with E-state index in [2.05, 4.69) is 0 Å². The zero-order valence-electron chi connectivity index (χ0n) is 9.05. The lowest BCUT2D eigenvalue weighted by Crippen LogP contribution is -1.99. The molecule has 0 bridgehead atoms. The summed E-state index contributed by atoms with van der Waals surface area (Å²) in [6.07, 6.45) is 2.48. The number of carbonyl (C=O) groups is 1. The molecule has 1 N–H and O–H groups in total. The quantitative estimate of drug-likeness (QED) is 0.749. The Morgan fingerprint density at radius 3 is 2.50 bits per heavy atom. The van der Waals surface area contributed by atoms with Gasteiger partial charge in [0, 0.05) is 6.08 Å². The van der Waals surface area contributed by atoms with E-state index < -0.39 is 5.97 Å². The fourth-order valence-electron chi connectivity index (χ4n) is 1.13. The van der Waals surface area contributed by atoms with Crippen molar-refractivity contribution in [3.63, 3.8) is 0 Å². The smallest absolute Gasteiger partial charge is 0.328 e. The summed E-state index contributed by atoms with van der Waals surface area (Å²) >= 11 is 0. The van der Waals surface area contributed by atoms with Crippen LogP contribution in [-0.4, -0.2) is 24.3 Å². The number of hydrogen-bond acceptors (Lipinski definition) is 3. The number of aliphatic carboxylic acids is 1. The van der Waals surface area contributed by atoms with Gasteiger partial charge in [0.25, 0.3) is 0 Å². The lowest BCUT2D eigenvalue weighted by Gasteiger charge is -2.09. The van der Waals surface area contributed by atoms with E-state index in [4.69, 9.17) is 14.6 Å². The summed E-state index contributed by atoms with van der Waals surface area (Å²) < 4.78 is 10.7. The van der Waals surface area contributed by atoms with Gasteiger partial charge in [-0.1, -0.05) is 12.1 Å². The second kappa shape index (κ2) is 6.50. The molecule has 1 rings (SSSR count). The highest BCUT2D eigenvalue weighted by Crippen LogP contribution is 2.26. The summed E-state index contributed by atoms with van der Waals surface area (Å²) in [7, 11) is 0. The van der Waals surface area contributed by atoms with Gasteiger partial charge >= 0.3 is 5.97 Å². The molecule has 4 nitrogen and oxygen atoms in total. The third-order valence-corrected chi connectivity index (χ3v) is 1.74. The van der Waals surface area contributed by atoms with E-state index in [1.54, 1.807) is 12.1 Å². The van der Waals surface area contributed by atoms with Crippen molar-refractivity contribution in [1.29, 1.82) is 0 Å². The van der Waals surface area contributed by atoms with Gasteiger partial charge in [-0.3, -0.25) is 0 Å². The van der Waals surface area contributed by atoms with E-state index in [9.17, 15) is 4.79 Å². The molecule has 0 spiro atoms. The molecule has 0 aliphatic carbocycles. The standard InChI is InChI=1S/C12H14O4/c1-2-15-10-6-3-4-7-11(10)16-9-5-8-12(13)14/h3-8H,2,9H2,1H3,(H,13,14). The first-order valence-corrected chi connectivity index (χ1v) is 4.98. The highest BCUT2D eigenvalue weighted by atomic mass is 16.5. The van der Waals surface area contributed by atoms with Crippen LogP contribution in [0.5, 0.6) is 11.5 Å². The van der Waals surface area contributed by atoms with Crippen molar-refractivity contribution in [2.24, 2.45) is 0 Å². The Morgan fingerprint density at radius 2 is 1.94 bits per heavy atom. The summed E-state index contributed by atoms with van der Waals surface area (Å²) in [5.41, 5.74) is 0. The zero-order chi connectivity index (χ0) is 11.8. The van der Waals surface area contributed by atoms with Gasteiger partial charge in [0.1, 0.15) is 6.61 Å². The molecule has 0 aliphatic rings. The Morgan fingerprint density at radius 1 is 1.31 bits per heavy atom. The molecule has 4 heteroatoms. The molecule has 0 saturated carbocycles. The maximum absolute atomic E-state index is 10.2. The number of hydrogen-bond donors (Lipinski definition) is 1. The lowest BCUT2D eigenvalue weighted by molar-refractivity contribution is -0.131. The molecule has 0 aliphatic heterocycles. The van der Waals surface area contributed by atoms with Crippen molar-refractivity contribution in [2.45, 2.75) is 6.92 Å². The number of ether oxygens (including phenoxy) is 2. The van der Waals surface area contributed by atoms with Gasteiger partial charge in [-0.2, -0.15) is 0 Å². The van der Waals surface area contributed by atoms with Crippen LogP contribution < -0.4 is 9.47 Å². The van der Waals surface area contributed by atoms with Crippen molar-refractivity contribution >= 4 is 5.97 Å². The largest absolute Gasteiger partial charge is 0.490 e. The minimum absolute atomic E-state index is 0.205. The van der Waals surface area contributed by atoms with Gasteiger partial charge in [0.2, 0.25) is 0 Å². The molecule has 0 fully saturated rings. The van der Waals surface area contributed by atoms with Crippen molar-refractivity contribution in [2.75, 3.05) is 13.2 Å². The number of benzene rings is 1. The maximum atomic E-state index is 10.2. The number of carboxylic acid groups (broad SMARTS) is 1. The van der Waals surface area contributed by atoms with Crippen LogP contribution in [0.25, 0.3) is 0 Å². The van der Waals surface area contributed by atoms with Crippen LogP contribution in [0.3, 0.4) is 0 Å². The van der Waals surface area contributed by atoms with Crippen LogP contribution in [0, 0.1) is 0 Å². The van der Waals surface area contributed by atoms with Crippen LogP contribution in [0.15, 0.2) is 36.4 Å². The van der Waals surface area contributed by atoms with Gasteiger partial charge in [-0.25, -0.2) is 4.79 Å². The third-order valence-electron chi connectivity index (χ3n) is 1.74. The van der Waals surface area contributed by atoms with Crippen molar-refractivity contribution in [3.8, 4) is 11.5 Å². The predicted molar refractivity (Wildman–Crippen MR) is 59.9 cm³/mol. The van der Waals surface area contributed by atoms with Crippen LogP contribution in [0.4, 0.5) is 0 Å². The average molecular weight is 222 g/mol. The highest BCUT2D eigenvalue weighted by molar-refractivity contribution is 5.79. The van der Waals surface area contributed by atoms with Gasteiger partial charge < -0.3 is 14.6 Å². The summed E-state index contributed by atoms with van der Waals surface area (Å²) in [4.78, 5) is 10.2. The lowest BCUT2D eigenvalue weighted by atomic mass is 10.3. The fourth-order valence-corrected chi connectivity index (χ4v) is 1.13. The van der Waals surface area contributed by atoms with Crippen molar-refractivity contribution in [1.82, 2.24) is 0 Å². The third kappa shape index (κ3) is 4.04. The molecule has 0 heterocycles. The zero-order valence-corrected chi connectivity index (χ0v) is 9.05. The number of rotatable bonds is 6. The highest BCUT2D eigenvalue weighted by Gasteiger charge is 2.01. The van der Waals surface area contributed by atoms with E-state index in [0.717, 1.165) is 6.08 Å². The Kier molecular flexibility index (Phi) is 4.92. The maximum Gasteiger partial charge on any atom is 0.328 e. The average Bonchev–Trinajstić information content (AvgIpc) is 2.26. The molecular weight excluding hydrogens is 208 g/mol. The Hall–Kier alpha value is -1.97. The summed E-state index contributed by atoms with van der Waals surface area (Å²) in [6, 6.07) is 7.27. The minimum atomic E-state index is -0.985. The summed E-state index contributed by atoms with van der Waals surface area (Å²) in [5.74, 6) is 0.287. The Bertz CT molecular complexity index is 371. The van der Waals surface area contributed by atoms with Crippen molar-refractivity contribution in [3.05, 3.63) is 36.4 Å². The number of para-hydroxylation sites is 2. The van der Waals surface area contributed by atoms with Gasteiger partial charge in [-0.15, -0.1) is 0 Å². The molecule has 1 aromatic carbocycles. The van der Waals surface area contributed by atoms with Crippen LogP contribution in [-0.2, 0) is 4.79 Å². The normalized spacial score (nSPS) is 10.3. The Labute approximate surface area is 94.1 Å². The topological polar surface area (TPSA) is 55.8 Å². The van der Waals surface area contributed by atoms with E-state index >= 15 is 0 Å². The first kappa shape index (κ1) is 12.1. The fraction of sp³-hybridized carbons (Fsp3) is 0.250. The predicted octanol–water partition coefficient (Wildman–Crippen LogP) is 2.10. The number of carboxylic acids is 1. The molecule has 0 atom stereocenters. The summed E-state index contributed by atoms with van der Waals surface area (Å²) in [5, 5.41) is 8.38. The molecule has 16 heavy (non-hydrogen) atoms. The second-order valence-corrected chi connectivity index (χ2v) is 2.93. The van der Waals surface area contributed by atoms with Crippen LogP contribution in [0.1, 0.15) is 6.92 Å². The van der Waals surface area contributed by atoms with E-state index in [0.29, 0.717) is 18.1 Å². The molecular formula is C12H14O4. The van der Waals surface area contributed by atoms with E-state index in [1.807, 2.05) is 19.1 Å². The molecule has 0 aromatic heterocycles. The first-order valence-electron chi connectivity index (χ1n) is 4.98. The summed E-state index contributed by atoms with van der Waals surface area (Å²) in [6.45, 7) is 2.66.